The molecule has 202 valence electrons. The van der Waals surface area contributed by atoms with E-state index in [1.54, 1.807) is 20.2 Å². The van der Waals surface area contributed by atoms with Gasteiger partial charge in [-0.1, -0.05) is 0 Å². The van der Waals surface area contributed by atoms with Crippen LogP contribution in [-0.4, -0.2) is 106 Å². The Morgan fingerprint density at radius 1 is 1.11 bits per heavy atom. The van der Waals surface area contributed by atoms with Gasteiger partial charge in [-0.25, -0.2) is 9.78 Å². The van der Waals surface area contributed by atoms with Gasteiger partial charge in [0.25, 0.3) is 12.0 Å². The number of hydrogen-bond donors (Lipinski definition) is 0. The molecule has 3 aliphatic rings. The molecule has 0 aromatic carbocycles. The minimum Gasteiger partial charge on any atom is -0.426 e. The van der Waals surface area contributed by atoms with Gasteiger partial charge in [-0.05, 0) is 19.8 Å². The molecule has 15 heteroatoms. The third-order valence-corrected chi connectivity index (χ3v) is 7.21. The Kier molecular flexibility index (Phi) is 6.92. The van der Waals surface area contributed by atoms with Crippen LogP contribution < -0.4 is 0 Å². The van der Waals surface area contributed by atoms with Crippen molar-refractivity contribution < 1.29 is 45.4 Å². The number of fused-ring (bicyclic) bond motifs is 1. The van der Waals surface area contributed by atoms with Gasteiger partial charge in [0.1, 0.15) is 11.5 Å². The molecule has 3 aliphatic heterocycles. The van der Waals surface area contributed by atoms with E-state index in [0.717, 1.165) is 17.3 Å². The molecule has 2 fully saturated rings. The zero-order valence-corrected chi connectivity index (χ0v) is 19.7. The highest BCUT2D eigenvalue weighted by molar-refractivity contribution is 5.92. The number of alkyl halides is 6. The molecule has 9 nitrogen and oxygen atoms in total. The summed E-state index contributed by atoms with van der Waals surface area (Å²) in [6.07, 6.45) is -15.5. The maximum absolute atomic E-state index is 13.2. The molecule has 4 heterocycles. The van der Waals surface area contributed by atoms with E-state index < -0.39 is 30.1 Å². The summed E-state index contributed by atoms with van der Waals surface area (Å²) in [7, 11) is 1.57. The standard InChI is InChI=1S/C21H27F6N5O4/c1-19(3-5-30(6-4-19)18(34)36-17(20(22,23)24)21(25,26)27)29(2)16(33)14-9-32-8-7-31(10-15(32)28-14)13-11-35-12-13/h9,13,17H,3-8,10-12H2,1-2H3. The largest absolute Gasteiger partial charge is 0.434 e. The molecule has 0 bridgehead atoms. The van der Waals surface area contributed by atoms with E-state index in [9.17, 15) is 35.9 Å². The Morgan fingerprint density at radius 3 is 2.25 bits per heavy atom. The number of hydrogen-bond acceptors (Lipinski definition) is 6. The Hall–Kier alpha value is -2.55. The van der Waals surface area contributed by atoms with Crippen molar-refractivity contribution in [1.29, 1.82) is 0 Å². The average Bonchev–Trinajstić information content (AvgIpc) is 3.17. The number of piperidine rings is 1. The van der Waals surface area contributed by atoms with Gasteiger partial charge in [-0.2, -0.15) is 26.3 Å². The van der Waals surface area contributed by atoms with Gasteiger partial charge < -0.3 is 23.8 Å². The molecule has 0 radical (unpaired) electrons. The normalized spacial score (nSPS) is 21.2. The maximum atomic E-state index is 13.2. The highest BCUT2D eigenvalue weighted by atomic mass is 19.4. The summed E-state index contributed by atoms with van der Waals surface area (Å²) in [5, 5.41) is 0. The topological polar surface area (TPSA) is 80.1 Å². The first-order valence-corrected chi connectivity index (χ1v) is 11.4. The van der Waals surface area contributed by atoms with Gasteiger partial charge in [-0.15, -0.1) is 0 Å². The fraction of sp³-hybridized carbons (Fsp3) is 0.762. The molecule has 2 saturated heterocycles. The van der Waals surface area contributed by atoms with Gasteiger partial charge in [0.2, 0.25) is 0 Å². The Bertz CT molecular complexity index is 970. The van der Waals surface area contributed by atoms with Gasteiger partial charge >= 0.3 is 18.4 Å². The minimum atomic E-state index is -5.78. The van der Waals surface area contributed by atoms with E-state index in [4.69, 9.17) is 4.74 Å². The van der Waals surface area contributed by atoms with E-state index in [2.05, 4.69) is 14.6 Å². The number of aromatic nitrogens is 2. The lowest BCUT2D eigenvalue weighted by molar-refractivity contribution is -0.308. The minimum absolute atomic E-state index is 0.135. The predicted molar refractivity (Wildman–Crippen MR) is 111 cm³/mol. The first kappa shape index (κ1) is 26.5. The Labute approximate surface area is 202 Å². The van der Waals surface area contributed by atoms with Crippen LogP contribution in [0, 0.1) is 0 Å². The molecule has 0 unspecified atom stereocenters. The lowest BCUT2D eigenvalue weighted by Crippen LogP contribution is -2.56. The number of likely N-dealkylation sites (tertiary alicyclic amines) is 1. The second-order valence-electron chi connectivity index (χ2n) is 9.59. The summed E-state index contributed by atoms with van der Waals surface area (Å²) >= 11 is 0. The fourth-order valence-corrected chi connectivity index (χ4v) is 4.54. The summed E-state index contributed by atoms with van der Waals surface area (Å²) < 4.78 is 87.2. The van der Waals surface area contributed by atoms with E-state index in [-0.39, 0.29) is 37.5 Å². The molecule has 0 N–H and O–H groups in total. The van der Waals surface area contributed by atoms with Crippen LogP contribution in [-0.2, 0) is 22.6 Å². The van der Waals surface area contributed by atoms with Crippen molar-refractivity contribution in [3.05, 3.63) is 17.7 Å². The molecular formula is C21H27F6N5O4. The van der Waals surface area contributed by atoms with Gasteiger partial charge in [0.15, 0.2) is 0 Å². The van der Waals surface area contributed by atoms with E-state index in [0.29, 0.717) is 32.3 Å². The lowest BCUT2D eigenvalue weighted by Gasteiger charge is -2.44. The quantitative estimate of drug-likeness (QED) is 0.561. The summed E-state index contributed by atoms with van der Waals surface area (Å²) in [5.74, 6) is 0.402. The molecule has 1 aromatic rings. The van der Waals surface area contributed by atoms with E-state index in [1.165, 1.54) is 4.90 Å². The third-order valence-electron chi connectivity index (χ3n) is 7.21. The smallest absolute Gasteiger partial charge is 0.426 e. The number of carbonyl (C=O) groups excluding carboxylic acids is 2. The first-order chi connectivity index (χ1) is 16.7. The molecular weight excluding hydrogens is 500 g/mol. The number of amides is 2. The van der Waals surface area contributed by atoms with Crippen LogP contribution >= 0.6 is 0 Å². The molecule has 0 spiro atoms. The van der Waals surface area contributed by atoms with Crippen LogP contribution in [0.25, 0.3) is 0 Å². The van der Waals surface area contributed by atoms with Crippen molar-refractivity contribution >= 4 is 12.0 Å². The van der Waals surface area contributed by atoms with Gasteiger partial charge in [-0.3, -0.25) is 9.69 Å². The number of rotatable bonds is 4. The zero-order chi connectivity index (χ0) is 26.5. The number of nitrogens with zero attached hydrogens (tertiary/aromatic N) is 5. The van der Waals surface area contributed by atoms with Crippen LogP contribution in [0.4, 0.5) is 31.1 Å². The van der Waals surface area contributed by atoms with Crippen LogP contribution in [0.2, 0.25) is 0 Å². The molecule has 0 saturated carbocycles. The highest BCUT2D eigenvalue weighted by Gasteiger charge is 2.60. The van der Waals surface area contributed by atoms with Crippen LogP contribution in [0.5, 0.6) is 0 Å². The predicted octanol–water partition coefficient (Wildman–Crippen LogP) is 2.65. The summed E-state index contributed by atoms with van der Waals surface area (Å²) in [6.45, 7) is 4.83. The second-order valence-corrected chi connectivity index (χ2v) is 9.59. The third kappa shape index (κ3) is 5.26. The first-order valence-electron chi connectivity index (χ1n) is 11.4. The van der Waals surface area contributed by atoms with Crippen molar-refractivity contribution in [2.24, 2.45) is 0 Å². The second kappa shape index (κ2) is 9.39. The van der Waals surface area contributed by atoms with Gasteiger partial charge in [0.05, 0.1) is 25.8 Å². The summed E-state index contributed by atoms with van der Waals surface area (Å²) in [6, 6.07) is 0.343. The van der Waals surface area contributed by atoms with Crippen molar-refractivity contribution in [3.63, 3.8) is 0 Å². The van der Waals surface area contributed by atoms with E-state index in [1.807, 2.05) is 4.57 Å². The molecule has 36 heavy (non-hydrogen) atoms. The number of ether oxygens (including phenoxy) is 2. The van der Waals surface area contributed by atoms with Gasteiger partial charge in [0, 0.05) is 45.0 Å². The van der Waals surface area contributed by atoms with Crippen LogP contribution in [0.15, 0.2) is 6.20 Å². The van der Waals surface area contributed by atoms with Crippen LogP contribution in [0.3, 0.4) is 0 Å². The Balaban J connectivity index is 1.36. The molecule has 4 rings (SSSR count). The fourth-order valence-electron chi connectivity index (χ4n) is 4.54. The monoisotopic (exact) mass is 527 g/mol. The molecule has 2 amide bonds. The summed E-state index contributed by atoms with van der Waals surface area (Å²) in [5.41, 5.74) is -0.540. The molecule has 0 atom stereocenters. The lowest BCUT2D eigenvalue weighted by atomic mass is 9.88. The van der Waals surface area contributed by atoms with Crippen LogP contribution in [0.1, 0.15) is 36.1 Å². The summed E-state index contributed by atoms with van der Waals surface area (Å²) in [4.78, 5) is 34.3. The molecule has 1 aromatic heterocycles. The number of imidazole rings is 1. The maximum Gasteiger partial charge on any atom is 0.434 e. The molecule has 0 aliphatic carbocycles. The van der Waals surface area contributed by atoms with Crippen molar-refractivity contribution in [3.8, 4) is 0 Å². The van der Waals surface area contributed by atoms with E-state index >= 15 is 0 Å². The zero-order valence-electron chi connectivity index (χ0n) is 19.7. The van der Waals surface area contributed by atoms with Crippen molar-refractivity contribution in [2.45, 2.75) is 62.9 Å². The Morgan fingerprint density at radius 2 is 1.72 bits per heavy atom. The van der Waals surface area contributed by atoms with Crippen molar-refractivity contribution in [2.75, 3.05) is 39.9 Å². The highest BCUT2D eigenvalue weighted by Crippen LogP contribution is 2.37. The average molecular weight is 527 g/mol. The number of carbonyl (C=O) groups is 2. The number of halogens is 6. The SMILES string of the molecule is CN(C(=O)c1cn2c(n1)CN(C1COC1)CC2)C1(C)CCN(C(=O)OC(C(F)(F)F)C(F)(F)F)CC1. The van der Waals surface area contributed by atoms with Crippen molar-refractivity contribution in [1.82, 2.24) is 24.3 Å².